The number of amides is 4. The van der Waals surface area contributed by atoms with Crippen molar-refractivity contribution in [1.82, 2.24) is 10.6 Å². The Morgan fingerprint density at radius 1 is 0.739 bits per heavy atom. The van der Waals surface area contributed by atoms with Crippen LogP contribution in [0.4, 0.5) is 0 Å². The first-order chi connectivity index (χ1) is 10.9. The summed E-state index contributed by atoms with van der Waals surface area (Å²) < 4.78 is 0. The van der Waals surface area contributed by atoms with Gasteiger partial charge < -0.3 is 0 Å². The average Bonchev–Trinajstić information content (AvgIpc) is 2.87. The van der Waals surface area contributed by atoms with E-state index in [0.29, 0.717) is 0 Å². The lowest BCUT2D eigenvalue weighted by molar-refractivity contribution is -0.169. The molecule has 4 fully saturated rings. The van der Waals surface area contributed by atoms with Crippen LogP contribution in [-0.4, -0.2) is 23.6 Å². The van der Waals surface area contributed by atoms with E-state index in [2.05, 4.69) is 30.6 Å². The van der Waals surface area contributed by atoms with Gasteiger partial charge in [0.1, 0.15) is 0 Å². The number of imide groups is 2. The zero-order valence-corrected chi connectivity index (χ0v) is 12.9. The van der Waals surface area contributed by atoms with Crippen LogP contribution in [0.2, 0.25) is 0 Å². The fourth-order valence-corrected chi connectivity index (χ4v) is 6.18. The Bertz CT molecular complexity index is 724. The fourth-order valence-electron chi connectivity index (χ4n) is 6.18. The highest BCUT2D eigenvalue weighted by Gasteiger charge is 2.74. The minimum Gasteiger partial charge on any atom is -0.296 e. The van der Waals surface area contributed by atoms with Gasteiger partial charge >= 0.3 is 0 Å². The van der Waals surface area contributed by atoms with E-state index in [4.69, 9.17) is 0 Å². The second-order valence-electron chi connectivity index (χ2n) is 7.89. The van der Waals surface area contributed by atoms with Crippen molar-refractivity contribution in [3.8, 4) is 0 Å². The van der Waals surface area contributed by atoms with Crippen molar-refractivity contribution in [1.29, 1.82) is 0 Å². The Hall–Kier alpha value is -1.98. The first-order valence-corrected chi connectivity index (χ1v) is 8.33. The summed E-state index contributed by atoms with van der Waals surface area (Å²) in [4.78, 5) is 48.9. The van der Waals surface area contributed by atoms with Gasteiger partial charge in [-0.1, -0.05) is 25.5 Å². The number of nitrogens with one attached hydrogen (secondary N) is 2. The topological polar surface area (TPSA) is 92.3 Å². The molecule has 23 heavy (non-hydrogen) atoms. The van der Waals surface area contributed by atoms with E-state index in [-0.39, 0.29) is 76.9 Å². The molecule has 4 aliphatic carbocycles. The highest BCUT2D eigenvalue weighted by Crippen LogP contribution is 2.68. The summed E-state index contributed by atoms with van der Waals surface area (Å²) in [6.45, 7) is 4.17. The lowest BCUT2D eigenvalue weighted by atomic mass is 9.38. The van der Waals surface area contributed by atoms with Crippen molar-refractivity contribution >= 4 is 23.6 Å². The molecule has 120 valence electrons. The monoisotopic (exact) mass is 314 g/mol. The summed E-state index contributed by atoms with van der Waals surface area (Å²) in [5.41, 5.74) is 1.19. The summed E-state index contributed by atoms with van der Waals surface area (Å²) in [5.74, 6) is -2.01. The molecule has 8 atom stereocenters. The van der Waals surface area contributed by atoms with Gasteiger partial charge in [-0.3, -0.25) is 29.8 Å². The number of rotatable bonds is 1. The summed E-state index contributed by atoms with van der Waals surface area (Å²) >= 11 is 0. The van der Waals surface area contributed by atoms with E-state index in [9.17, 15) is 19.2 Å². The third kappa shape index (κ3) is 1.33. The number of hydrogen-bond acceptors (Lipinski definition) is 4. The molecule has 2 bridgehead atoms. The van der Waals surface area contributed by atoms with Gasteiger partial charge in [0, 0.05) is 0 Å². The van der Waals surface area contributed by atoms with Crippen molar-refractivity contribution in [2.75, 3.05) is 0 Å². The van der Waals surface area contributed by atoms with Crippen LogP contribution in [0, 0.1) is 53.3 Å². The van der Waals surface area contributed by atoms with Crippen LogP contribution in [-0.2, 0) is 19.2 Å². The van der Waals surface area contributed by atoms with Gasteiger partial charge in [0.15, 0.2) is 0 Å². The van der Waals surface area contributed by atoms with Crippen molar-refractivity contribution < 1.29 is 19.2 Å². The van der Waals surface area contributed by atoms with E-state index in [1.54, 1.807) is 0 Å². The minimum atomic E-state index is -0.361. The van der Waals surface area contributed by atoms with E-state index in [0.717, 1.165) is 0 Å². The summed E-state index contributed by atoms with van der Waals surface area (Å²) in [7, 11) is 0. The highest BCUT2D eigenvalue weighted by atomic mass is 16.2. The molecule has 6 rings (SSSR count). The molecular weight excluding hydrogens is 296 g/mol. The lowest BCUT2D eigenvalue weighted by Crippen LogP contribution is -2.64. The molecular formula is C17H18N2O4. The number of carbonyl (C=O) groups excluding carboxylic acids is 4. The largest absolute Gasteiger partial charge is 0.296 e. The number of carbonyl (C=O) groups is 4. The molecule has 0 aromatic heterocycles. The Morgan fingerprint density at radius 2 is 1.26 bits per heavy atom. The molecule has 6 nitrogen and oxygen atoms in total. The molecule has 6 heteroatoms. The van der Waals surface area contributed by atoms with Crippen molar-refractivity contribution in [2.45, 2.75) is 13.8 Å². The molecule has 0 radical (unpaired) electrons. The van der Waals surface area contributed by atoms with Crippen molar-refractivity contribution in [2.24, 2.45) is 53.3 Å². The Balaban J connectivity index is 1.67. The summed E-state index contributed by atoms with van der Waals surface area (Å²) in [5, 5.41) is 4.93. The van der Waals surface area contributed by atoms with E-state index in [1.165, 1.54) is 5.57 Å². The molecule has 2 N–H and O–H groups in total. The molecule has 2 heterocycles. The zero-order chi connectivity index (χ0) is 16.2. The number of hydrogen-bond donors (Lipinski definition) is 2. The van der Waals surface area contributed by atoms with Gasteiger partial charge in [0.2, 0.25) is 23.6 Å². The summed E-state index contributed by atoms with van der Waals surface area (Å²) in [6, 6.07) is 0. The standard InChI is InChI=1S/C17H18N2O4/c1-4(2)5-3-6-8-10(13-12(8)16(22)19-17(13)23)7(5)11-9(6)14(20)18-15(11)21/h3-4,6-13H,1-2H3,(H,18,20,21)(H,19,22,23). The predicted octanol–water partition coefficient (Wildman–Crippen LogP) is -0.148. The first kappa shape index (κ1) is 13.5. The Labute approximate surface area is 133 Å². The predicted molar refractivity (Wildman–Crippen MR) is 77.1 cm³/mol. The second kappa shape index (κ2) is 3.91. The molecule has 8 unspecified atom stereocenters. The van der Waals surface area contributed by atoms with Crippen LogP contribution in [0.25, 0.3) is 0 Å². The summed E-state index contributed by atoms with van der Waals surface area (Å²) in [6.07, 6.45) is 2.14. The Morgan fingerprint density at radius 3 is 1.87 bits per heavy atom. The van der Waals surface area contributed by atoms with Gasteiger partial charge in [-0.05, 0) is 29.6 Å². The van der Waals surface area contributed by atoms with E-state index >= 15 is 0 Å². The highest BCUT2D eigenvalue weighted by molar-refractivity contribution is 6.09. The first-order valence-electron chi connectivity index (χ1n) is 8.33. The van der Waals surface area contributed by atoms with Crippen molar-refractivity contribution in [3.63, 3.8) is 0 Å². The second-order valence-corrected chi connectivity index (χ2v) is 7.89. The van der Waals surface area contributed by atoms with E-state index in [1.807, 2.05) is 0 Å². The number of fused-ring (bicyclic) bond motifs is 1. The third-order valence-electron chi connectivity index (χ3n) is 6.85. The molecule has 0 aromatic carbocycles. The van der Waals surface area contributed by atoms with Gasteiger partial charge in [-0.2, -0.15) is 0 Å². The molecule has 0 spiro atoms. The average molecular weight is 314 g/mol. The van der Waals surface area contributed by atoms with Crippen LogP contribution < -0.4 is 10.6 Å². The van der Waals surface area contributed by atoms with Gasteiger partial charge in [-0.15, -0.1) is 0 Å². The maximum atomic E-state index is 12.4. The molecule has 2 saturated carbocycles. The molecule has 0 aromatic rings. The quantitative estimate of drug-likeness (QED) is 0.520. The van der Waals surface area contributed by atoms with Crippen LogP contribution in [0.1, 0.15) is 13.8 Å². The van der Waals surface area contributed by atoms with Crippen LogP contribution >= 0.6 is 0 Å². The molecule has 4 amide bonds. The van der Waals surface area contributed by atoms with E-state index < -0.39 is 0 Å². The number of allylic oxidation sites excluding steroid dienone is 2. The molecule has 2 saturated heterocycles. The Kier molecular flexibility index (Phi) is 2.29. The van der Waals surface area contributed by atoms with Gasteiger partial charge in [-0.25, -0.2) is 0 Å². The van der Waals surface area contributed by atoms with Gasteiger partial charge in [0.05, 0.1) is 23.7 Å². The SMILES string of the molecule is CC(C)C1=CC2C3C(=O)NC(=O)C3C1C1C3C(=O)NC(=O)C3C21. The van der Waals surface area contributed by atoms with Crippen LogP contribution in [0.15, 0.2) is 11.6 Å². The van der Waals surface area contributed by atoms with Gasteiger partial charge in [0.25, 0.3) is 0 Å². The smallest absolute Gasteiger partial charge is 0.231 e. The van der Waals surface area contributed by atoms with Crippen molar-refractivity contribution in [3.05, 3.63) is 11.6 Å². The molecule has 2 aliphatic heterocycles. The molecule has 6 aliphatic rings. The van der Waals surface area contributed by atoms with Crippen LogP contribution in [0.3, 0.4) is 0 Å². The minimum absolute atomic E-state index is 0.0248. The maximum Gasteiger partial charge on any atom is 0.231 e. The zero-order valence-electron chi connectivity index (χ0n) is 12.9. The van der Waals surface area contributed by atoms with Crippen LogP contribution in [0.5, 0.6) is 0 Å². The maximum absolute atomic E-state index is 12.4. The lowest BCUT2D eigenvalue weighted by Gasteiger charge is -2.62. The normalized spacial score (nSPS) is 49.3. The fraction of sp³-hybridized carbons (Fsp3) is 0.647. The third-order valence-corrected chi connectivity index (χ3v) is 6.85.